The highest BCUT2D eigenvalue weighted by atomic mass is 32.1. The smallest absolute Gasteiger partial charge is 0.261 e. The Kier molecular flexibility index (Phi) is 3.92. The van der Waals surface area contributed by atoms with Gasteiger partial charge in [-0.15, -0.1) is 11.3 Å². The van der Waals surface area contributed by atoms with Gasteiger partial charge in [-0.1, -0.05) is 12.1 Å². The summed E-state index contributed by atoms with van der Waals surface area (Å²) in [6, 6.07) is 3.75. The summed E-state index contributed by atoms with van der Waals surface area (Å²) in [5.74, 6) is 1.79. The maximum absolute atomic E-state index is 5.21. The number of aromatic nitrogens is 4. The van der Waals surface area contributed by atoms with Gasteiger partial charge in [-0.05, 0) is 25.5 Å². The summed E-state index contributed by atoms with van der Waals surface area (Å²) < 4.78 is 5.21. The highest BCUT2D eigenvalue weighted by Crippen LogP contribution is 2.24. The van der Waals surface area contributed by atoms with Gasteiger partial charge >= 0.3 is 0 Å². The molecule has 0 unspecified atom stereocenters. The second-order valence-electron chi connectivity index (χ2n) is 4.49. The quantitative estimate of drug-likeness (QED) is 0.780. The molecule has 0 aliphatic carbocycles. The molecule has 0 fully saturated rings. The predicted octanol–water partition coefficient (Wildman–Crippen LogP) is 3.07. The molecular formula is C14H15N5OS. The molecule has 6 nitrogen and oxygen atoms in total. The molecule has 7 heteroatoms. The SMILES string of the molecule is CCc1nc(CNc2ncccc2-c2nc(C)no2)cs1. The molecule has 0 amide bonds. The summed E-state index contributed by atoms with van der Waals surface area (Å²) in [5.41, 5.74) is 1.80. The summed E-state index contributed by atoms with van der Waals surface area (Å²) in [4.78, 5) is 13.1. The van der Waals surface area contributed by atoms with Crippen LogP contribution in [-0.2, 0) is 13.0 Å². The summed E-state index contributed by atoms with van der Waals surface area (Å²) in [6.07, 6.45) is 2.69. The molecule has 3 aromatic rings. The number of thiazole rings is 1. The molecule has 0 saturated carbocycles. The van der Waals surface area contributed by atoms with Crippen molar-refractivity contribution in [2.45, 2.75) is 26.8 Å². The first kappa shape index (κ1) is 13.7. The number of anilines is 1. The monoisotopic (exact) mass is 301 g/mol. The Balaban J connectivity index is 1.79. The van der Waals surface area contributed by atoms with Crippen molar-refractivity contribution >= 4 is 17.2 Å². The molecule has 108 valence electrons. The molecule has 0 bridgehead atoms. The summed E-state index contributed by atoms with van der Waals surface area (Å²) in [5, 5.41) is 10.3. The topological polar surface area (TPSA) is 76.7 Å². The van der Waals surface area contributed by atoms with Crippen LogP contribution in [0.1, 0.15) is 23.4 Å². The van der Waals surface area contributed by atoms with Crippen molar-refractivity contribution in [2.75, 3.05) is 5.32 Å². The maximum Gasteiger partial charge on any atom is 0.261 e. The third-order valence-electron chi connectivity index (χ3n) is 2.90. The van der Waals surface area contributed by atoms with Crippen LogP contribution in [0.3, 0.4) is 0 Å². The van der Waals surface area contributed by atoms with Crippen LogP contribution in [0.2, 0.25) is 0 Å². The Labute approximate surface area is 126 Å². The molecule has 0 spiro atoms. The summed E-state index contributed by atoms with van der Waals surface area (Å²) in [7, 11) is 0. The minimum Gasteiger partial charge on any atom is -0.364 e. The van der Waals surface area contributed by atoms with Crippen molar-refractivity contribution in [3.8, 4) is 11.5 Å². The first-order valence-corrected chi connectivity index (χ1v) is 7.57. The molecule has 0 aliphatic heterocycles. The number of aryl methyl sites for hydroxylation is 2. The van der Waals surface area contributed by atoms with Gasteiger partial charge in [-0.2, -0.15) is 4.98 Å². The molecule has 3 heterocycles. The Morgan fingerprint density at radius 1 is 1.33 bits per heavy atom. The standard InChI is InChI=1S/C14H15N5OS/c1-3-12-18-10(8-21-12)7-16-13-11(5-4-6-15-13)14-17-9(2)19-20-14/h4-6,8H,3,7H2,1-2H3,(H,15,16). The lowest BCUT2D eigenvalue weighted by molar-refractivity contribution is 0.425. The van der Waals surface area contributed by atoms with Crippen LogP contribution in [0.5, 0.6) is 0 Å². The predicted molar refractivity (Wildman–Crippen MR) is 81.1 cm³/mol. The van der Waals surface area contributed by atoms with Gasteiger partial charge in [0.15, 0.2) is 5.82 Å². The number of hydrogen-bond donors (Lipinski definition) is 1. The summed E-state index contributed by atoms with van der Waals surface area (Å²) in [6.45, 7) is 4.51. The highest BCUT2D eigenvalue weighted by Gasteiger charge is 2.12. The first-order chi connectivity index (χ1) is 10.3. The molecule has 3 rings (SSSR count). The second-order valence-corrected chi connectivity index (χ2v) is 5.43. The number of rotatable bonds is 5. The molecular weight excluding hydrogens is 286 g/mol. The lowest BCUT2D eigenvalue weighted by Crippen LogP contribution is -2.03. The fourth-order valence-corrected chi connectivity index (χ4v) is 2.64. The number of hydrogen-bond acceptors (Lipinski definition) is 7. The van der Waals surface area contributed by atoms with Gasteiger partial charge in [0.2, 0.25) is 0 Å². The number of pyridine rings is 1. The third-order valence-corrected chi connectivity index (χ3v) is 3.95. The lowest BCUT2D eigenvalue weighted by Gasteiger charge is -2.06. The van der Waals surface area contributed by atoms with Gasteiger partial charge in [0.25, 0.3) is 5.89 Å². The van der Waals surface area contributed by atoms with Gasteiger partial charge in [0.05, 0.1) is 22.8 Å². The van der Waals surface area contributed by atoms with E-state index in [2.05, 4.69) is 37.7 Å². The van der Waals surface area contributed by atoms with Crippen molar-refractivity contribution < 1.29 is 4.52 Å². The van der Waals surface area contributed by atoms with Crippen molar-refractivity contribution in [3.63, 3.8) is 0 Å². The van der Waals surface area contributed by atoms with Crippen LogP contribution < -0.4 is 5.32 Å². The van der Waals surface area contributed by atoms with E-state index in [0.29, 0.717) is 24.1 Å². The Hall–Kier alpha value is -2.28. The van der Waals surface area contributed by atoms with Crippen molar-refractivity contribution in [1.82, 2.24) is 20.1 Å². The zero-order valence-electron chi connectivity index (χ0n) is 11.8. The summed E-state index contributed by atoms with van der Waals surface area (Å²) >= 11 is 1.68. The molecule has 0 atom stereocenters. The van der Waals surface area contributed by atoms with Crippen LogP contribution >= 0.6 is 11.3 Å². The minimum absolute atomic E-state index is 0.468. The lowest BCUT2D eigenvalue weighted by atomic mass is 10.2. The van der Waals surface area contributed by atoms with E-state index in [-0.39, 0.29) is 0 Å². The van der Waals surface area contributed by atoms with Crippen LogP contribution in [-0.4, -0.2) is 20.1 Å². The zero-order chi connectivity index (χ0) is 14.7. The van der Waals surface area contributed by atoms with Crippen LogP contribution in [0.25, 0.3) is 11.5 Å². The average Bonchev–Trinajstić information content (AvgIpc) is 3.14. The van der Waals surface area contributed by atoms with E-state index < -0.39 is 0 Å². The van der Waals surface area contributed by atoms with Gasteiger partial charge in [-0.25, -0.2) is 9.97 Å². The second kappa shape index (κ2) is 6.01. The van der Waals surface area contributed by atoms with E-state index in [1.807, 2.05) is 12.1 Å². The van der Waals surface area contributed by atoms with Crippen molar-refractivity contribution in [1.29, 1.82) is 0 Å². The zero-order valence-corrected chi connectivity index (χ0v) is 12.6. The van der Waals surface area contributed by atoms with E-state index in [1.165, 1.54) is 0 Å². The molecule has 1 N–H and O–H groups in total. The molecule has 0 radical (unpaired) electrons. The van der Waals surface area contributed by atoms with E-state index in [0.717, 1.165) is 22.7 Å². The molecule has 0 saturated heterocycles. The van der Waals surface area contributed by atoms with Gasteiger partial charge in [-0.3, -0.25) is 0 Å². The molecule has 21 heavy (non-hydrogen) atoms. The van der Waals surface area contributed by atoms with Crippen LogP contribution in [0, 0.1) is 6.92 Å². The van der Waals surface area contributed by atoms with Gasteiger partial charge in [0.1, 0.15) is 5.82 Å². The van der Waals surface area contributed by atoms with E-state index in [9.17, 15) is 0 Å². The van der Waals surface area contributed by atoms with Crippen molar-refractivity contribution in [3.05, 3.63) is 40.2 Å². The van der Waals surface area contributed by atoms with E-state index in [4.69, 9.17) is 4.52 Å². The minimum atomic E-state index is 0.468. The molecule has 0 aliphatic rings. The number of nitrogens with one attached hydrogen (secondary N) is 1. The Morgan fingerprint density at radius 3 is 2.95 bits per heavy atom. The van der Waals surface area contributed by atoms with E-state index >= 15 is 0 Å². The fourth-order valence-electron chi connectivity index (χ4n) is 1.89. The van der Waals surface area contributed by atoms with Crippen LogP contribution in [0.4, 0.5) is 5.82 Å². The fraction of sp³-hybridized carbons (Fsp3) is 0.286. The average molecular weight is 301 g/mol. The van der Waals surface area contributed by atoms with Gasteiger partial charge < -0.3 is 9.84 Å². The van der Waals surface area contributed by atoms with Gasteiger partial charge in [0, 0.05) is 11.6 Å². The Morgan fingerprint density at radius 2 is 2.24 bits per heavy atom. The largest absolute Gasteiger partial charge is 0.364 e. The van der Waals surface area contributed by atoms with Crippen molar-refractivity contribution in [2.24, 2.45) is 0 Å². The molecule has 0 aromatic carbocycles. The van der Waals surface area contributed by atoms with E-state index in [1.54, 1.807) is 24.5 Å². The molecule has 3 aromatic heterocycles. The Bertz CT molecular complexity index is 736. The third kappa shape index (κ3) is 3.08. The number of nitrogens with zero attached hydrogens (tertiary/aromatic N) is 4. The first-order valence-electron chi connectivity index (χ1n) is 6.69. The maximum atomic E-state index is 5.21. The van der Waals surface area contributed by atoms with Crippen LogP contribution in [0.15, 0.2) is 28.2 Å². The normalized spacial score (nSPS) is 10.8. The highest BCUT2D eigenvalue weighted by molar-refractivity contribution is 7.09.